The van der Waals surface area contributed by atoms with Crippen LogP contribution in [0.25, 0.3) is 10.2 Å². The number of hydrogen-bond acceptors (Lipinski definition) is 4. The van der Waals surface area contributed by atoms with Crippen LogP contribution in [0.15, 0.2) is 42.5 Å². The van der Waals surface area contributed by atoms with Crippen LogP contribution in [0.3, 0.4) is 0 Å². The number of hydrogen-bond donors (Lipinski definition) is 2. The van der Waals surface area contributed by atoms with Crippen LogP contribution in [0, 0.1) is 3.95 Å². The lowest BCUT2D eigenvalue weighted by Crippen LogP contribution is -2.52. The van der Waals surface area contributed by atoms with Gasteiger partial charge in [0.15, 0.2) is 3.95 Å². The number of carbonyl (C=O) groups excluding carboxylic acids is 2. The first-order valence-corrected chi connectivity index (χ1v) is 12.4. The van der Waals surface area contributed by atoms with E-state index >= 15 is 0 Å². The van der Waals surface area contributed by atoms with Crippen molar-refractivity contribution in [2.24, 2.45) is 0 Å². The third kappa shape index (κ3) is 5.67. The molecule has 1 aliphatic rings. The van der Waals surface area contributed by atoms with Gasteiger partial charge in [-0.05, 0) is 81.4 Å². The van der Waals surface area contributed by atoms with Gasteiger partial charge in [0.05, 0.1) is 15.8 Å². The van der Waals surface area contributed by atoms with E-state index in [2.05, 4.69) is 10.3 Å². The topological polar surface area (TPSA) is 68.4 Å². The van der Waals surface area contributed by atoms with E-state index in [1.807, 2.05) is 32.0 Å². The maximum Gasteiger partial charge on any atom is 0.416 e. The maximum absolute atomic E-state index is 13.2. The fourth-order valence-corrected chi connectivity index (χ4v) is 5.34. The van der Waals surface area contributed by atoms with E-state index in [1.54, 1.807) is 9.80 Å². The Bertz CT molecular complexity index is 1280. The Morgan fingerprint density at radius 2 is 1.80 bits per heavy atom. The molecular weight excluding hydrogens is 497 g/mol. The van der Waals surface area contributed by atoms with Gasteiger partial charge in [-0.25, -0.2) is 4.79 Å². The zero-order chi connectivity index (χ0) is 25.3. The van der Waals surface area contributed by atoms with Crippen molar-refractivity contribution in [3.63, 3.8) is 0 Å². The van der Waals surface area contributed by atoms with Crippen molar-refractivity contribution in [1.29, 1.82) is 0 Å². The molecule has 2 N–H and O–H groups in total. The van der Waals surface area contributed by atoms with Crippen molar-refractivity contribution in [3.8, 4) is 0 Å². The fourth-order valence-electron chi connectivity index (χ4n) is 4.19. The predicted molar refractivity (Wildman–Crippen MR) is 134 cm³/mol. The van der Waals surface area contributed by atoms with Crippen LogP contribution < -0.4 is 10.2 Å². The number of benzene rings is 2. The maximum atomic E-state index is 13.2. The van der Waals surface area contributed by atoms with Crippen molar-refractivity contribution in [2.45, 2.75) is 44.9 Å². The summed E-state index contributed by atoms with van der Waals surface area (Å²) in [4.78, 5) is 32.3. The number of nitrogens with zero attached hydrogens (tertiary/aromatic N) is 2. The normalized spacial score (nSPS) is 15.0. The summed E-state index contributed by atoms with van der Waals surface area (Å²) in [6.45, 7) is 4.69. The second-order valence-electron chi connectivity index (χ2n) is 8.75. The molecule has 186 valence electrons. The van der Waals surface area contributed by atoms with Crippen LogP contribution in [0.1, 0.15) is 42.6 Å². The number of rotatable bonds is 4. The minimum Gasteiger partial charge on any atom is -0.338 e. The Hall–Kier alpha value is -2.92. The average molecular weight is 523 g/mol. The van der Waals surface area contributed by atoms with E-state index < -0.39 is 11.7 Å². The smallest absolute Gasteiger partial charge is 0.338 e. The molecule has 0 bridgehead atoms. The fraction of sp³-hybridized carbons (Fsp3) is 0.375. The standard InChI is InChI=1S/C24H25F3N4O2S2/c1-14(2)31(18-7-8-19-20(13-18)35-23(34)29-19)22(33)28-17-9-11-30(12-10-17)21(32)15-3-5-16(6-4-15)24(25,26)27/h3-8,13-14,17H,9-12H2,1-2H3,(H,28,33)(H,29,34). The molecule has 3 aromatic rings. The second kappa shape index (κ2) is 9.98. The largest absolute Gasteiger partial charge is 0.416 e. The summed E-state index contributed by atoms with van der Waals surface area (Å²) in [7, 11) is 0. The van der Waals surface area contributed by atoms with E-state index in [4.69, 9.17) is 12.2 Å². The van der Waals surface area contributed by atoms with Crippen LogP contribution in [0.4, 0.5) is 23.7 Å². The SMILES string of the molecule is CC(C)N(C(=O)NC1CCN(C(=O)c2ccc(C(F)(F)F)cc2)CC1)c1ccc2[nH]c(=S)sc2c1. The van der Waals surface area contributed by atoms with Gasteiger partial charge in [-0.2, -0.15) is 13.2 Å². The first kappa shape index (κ1) is 25.2. The van der Waals surface area contributed by atoms with Gasteiger partial charge in [-0.3, -0.25) is 9.69 Å². The van der Waals surface area contributed by atoms with Crippen molar-refractivity contribution < 1.29 is 22.8 Å². The quantitative estimate of drug-likeness (QED) is 0.401. The number of thiazole rings is 1. The van der Waals surface area contributed by atoms with Gasteiger partial charge in [-0.1, -0.05) is 0 Å². The molecular formula is C24H25F3N4O2S2. The molecule has 1 aromatic heterocycles. The molecule has 3 amide bonds. The molecule has 11 heteroatoms. The van der Waals surface area contributed by atoms with Crippen LogP contribution in [0.5, 0.6) is 0 Å². The minimum absolute atomic E-state index is 0.0827. The highest BCUT2D eigenvalue weighted by Crippen LogP contribution is 2.30. The first-order chi connectivity index (χ1) is 16.5. The summed E-state index contributed by atoms with van der Waals surface area (Å²) >= 11 is 6.66. The van der Waals surface area contributed by atoms with Crippen molar-refractivity contribution in [3.05, 3.63) is 57.5 Å². The molecule has 35 heavy (non-hydrogen) atoms. The number of H-pyrrole nitrogens is 1. The lowest BCUT2D eigenvalue weighted by atomic mass is 10.0. The van der Waals surface area contributed by atoms with Crippen molar-refractivity contribution in [1.82, 2.24) is 15.2 Å². The second-order valence-corrected chi connectivity index (χ2v) is 10.5. The van der Waals surface area contributed by atoms with Gasteiger partial charge in [0.25, 0.3) is 5.91 Å². The molecule has 6 nitrogen and oxygen atoms in total. The minimum atomic E-state index is -4.44. The molecule has 1 aliphatic heterocycles. The molecule has 1 saturated heterocycles. The summed E-state index contributed by atoms with van der Waals surface area (Å²) in [5.74, 6) is -0.311. The third-order valence-corrected chi connectivity index (χ3v) is 7.18. The Kier molecular flexibility index (Phi) is 7.18. The van der Waals surface area contributed by atoms with Gasteiger partial charge >= 0.3 is 12.2 Å². The number of amides is 3. The Morgan fingerprint density at radius 1 is 1.14 bits per heavy atom. The predicted octanol–water partition coefficient (Wildman–Crippen LogP) is 6.21. The summed E-state index contributed by atoms with van der Waals surface area (Å²) in [6, 6.07) is 9.56. The number of alkyl halides is 3. The number of halogens is 3. The number of piperidine rings is 1. The Labute approximate surface area is 209 Å². The number of aromatic amines is 1. The Balaban J connectivity index is 1.37. The van der Waals surface area contributed by atoms with E-state index in [-0.39, 0.29) is 29.6 Å². The van der Waals surface area contributed by atoms with E-state index in [9.17, 15) is 22.8 Å². The van der Waals surface area contributed by atoms with Gasteiger partial charge in [0.2, 0.25) is 0 Å². The molecule has 0 aliphatic carbocycles. The highest BCUT2D eigenvalue weighted by molar-refractivity contribution is 7.73. The van der Waals surface area contributed by atoms with Gasteiger partial charge in [0.1, 0.15) is 0 Å². The van der Waals surface area contributed by atoms with Crippen LogP contribution in [-0.2, 0) is 6.18 Å². The van der Waals surface area contributed by atoms with Crippen LogP contribution in [-0.4, -0.2) is 47.0 Å². The highest BCUT2D eigenvalue weighted by atomic mass is 32.1. The van der Waals surface area contributed by atoms with Gasteiger partial charge in [0, 0.05) is 36.4 Å². The molecule has 0 radical (unpaired) electrons. The molecule has 2 aromatic carbocycles. The summed E-state index contributed by atoms with van der Waals surface area (Å²) < 4.78 is 40.0. The third-order valence-electron chi connectivity index (χ3n) is 5.99. The van der Waals surface area contributed by atoms with Gasteiger partial charge in [-0.15, -0.1) is 11.3 Å². The molecule has 0 saturated carbocycles. The number of anilines is 1. The number of likely N-dealkylation sites (tertiary alicyclic amines) is 1. The lowest BCUT2D eigenvalue weighted by Gasteiger charge is -2.35. The average Bonchev–Trinajstić information content (AvgIpc) is 3.18. The van der Waals surface area contributed by atoms with E-state index in [0.717, 1.165) is 28.0 Å². The molecule has 0 unspecified atom stereocenters. The molecule has 0 atom stereocenters. The van der Waals surface area contributed by atoms with E-state index in [1.165, 1.54) is 23.5 Å². The van der Waals surface area contributed by atoms with Crippen LogP contribution in [0.2, 0.25) is 0 Å². The number of aromatic nitrogens is 1. The number of urea groups is 1. The Morgan fingerprint density at radius 3 is 2.40 bits per heavy atom. The molecule has 1 fully saturated rings. The summed E-state index contributed by atoms with van der Waals surface area (Å²) in [5.41, 5.74) is 1.13. The van der Waals surface area contributed by atoms with Gasteiger partial charge < -0.3 is 15.2 Å². The first-order valence-electron chi connectivity index (χ1n) is 11.2. The lowest BCUT2D eigenvalue weighted by molar-refractivity contribution is -0.137. The summed E-state index contributed by atoms with van der Waals surface area (Å²) in [5, 5.41) is 3.07. The van der Waals surface area contributed by atoms with Crippen molar-refractivity contribution in [2.75, 3.05) is 18.0 Å². The molecule has 0 spiro atoms. The molecule has 4 rings (SSSR count). The zero-order valence-corrected chi connectivity index (χ0v) is 20.8. The zero-order valence-electron chi connectivity index (χ0n) is 19.2. The number of carbonyl (C=O) groups is 2. The molecule has 2 heterocycles. The summed E-state index contributed by atoms with van der Waals surface area (Å²) in [6.07, 6.45) is -3.32. The van der Waals surface area contributed by atoms with E-state index in [0.29, 0.717) is 29.9 Å². The van der Waals surface area contributed by atoms with Crippen LogP contribution >= 0.6 is 23.6 Å². The highest BCUT2D eigenvalue weighted by Gasteiger charge is 2.31. The number of nitrogens with one attached hydrogen (secondary N) is 2. The number of fused-ring (bicyclic) bond motifs is 1. The van der Waals surface area contributed by atoms with Crippen molar-refractivity contribution >= 4 is 51.4 Å². The monoisotopic (exact) mass is 522 g/mol.